The predicted octanol–water partition coefficient (Wildman–Crippen LogP) is 7.80. The number of hydrogen-bond donors (Lipinski definition) is 1. The zero-order valence-electron chi connectivity index (χ0n) is 17.0. The Balaban J connectivity index is 1.86. The average Bonchev–Trinajstić information content (AvgIpc) is 2.82. The smallest absolute Gasteiger partial charge is 0.167 e. The molecule has 3 aliphatic rings. The molecule has 0 heterocycles. The molecule has 1 N–H and O–H groups in total. The minimum absolute atomic E-state index is 0.000263. The summed E-state index contributed by atoms with van der Waals surface area (Å²) in [5, 5.41) is 10.9. The molecule has 1 fully saturated rings. The van der Waals surface area contributed by atoms with Gasteiger partial charge in [0.1, 0.15) is 5.76 Å². The van der Waals surface area contributed by atoms with Crippen molar-refractivity contribution >= 4 is 34.6 Å². The molecule has 0 aromatic heterocycles. The number of aliphatic hydroxyl groups excluding tert-OH is 1. The van der Waals surface area contributed by atoms with Crippen molar-refractivity contribution in [3.63, 3.8) is 0 Å². The third kappa shape index (κ3) is 4.02. The van der Waals surface area contributed by atoms with Crippen molar-refractivity contribution in [3.8, 4) is 11.1 Å². The molecule has 2 nitrogen and oxygen atoms in total. The van der Waals surface area contributed by atoms with Crippen LogP contribution in [0.5, 0.6) is 0 Å². The number of hydrogen-bond acceptors (Lipinski definition) is 2. The van der Waals surface area contributed by atoms with E-state index in [0.717, 1.165) is 43.2 Å². The minimum Gasteiger partial charge on any atom is -0.512 e. The van der Waals surface area contributed by atoms with Gasteiger partial charge in [-0.3, -0.25) is 4.79 Å². The molecule has 0 aliphatic heterocycles. The Morgan fingerprint density at radius 2 is 1.67 bits per heavy atom. The Morgan fingerprint density at radius 1 is 1.00 bits per heavy atom. The van der Waals surface area contributed by atoms with Gasteiger partial charge >= 0.3 is 0 Å². The first-order valence-corrected chi connectivity index (χ1v) is 11.4. The monoisotopic (exact) mass is 446 g/mol. The number of Topliss-reactive ketones (excluding diaryl/α,β-unsaturated/α-hetero) is 1. The number of rotatable bonds is 3. The fraction of sp³-hybridized carbons (Fsp3) is 0.400. The molecule has 2 bridgehead atoms. The van der Waals surface area contributed by atoms with Gasteiger partial charge in [-0.1, -0.05) is 48.3 Å². The largest absolute Gasteiger partial charge is 0.512 e. The quantitative estimate of drug-likeness (QED) is 0.488. The van der Waals surface area contributed by atoms with Crippen molar-refractivity contribution in [3.05, 3.63) is 63.1 Å². The lowest BCUT2D eigenvalue weighted by Crippen LogP contribution is -2.15. The van der Waals surface area contributed by atoms with E-state index in [1.165, 1.54) is 6.07 Å². The molecule has 0 spiro atoms. The summed E-state index contributed by atoms with van der Waals surface area (Å²) in [6.45, 7) is 2.02. The van der Waals surface area contributed by atoms with Crippen LogP contribution >= 0.6 is 23.2 Å². The van der Waals surface area contributed by atoms with Gasteiger partial charge in [-0.05, 0) is 72.8 Å². The normalized spacial score (nSPS) is 24.5. The second-order valence-electron chi connectivity index (χ2n) is 8.49. The van der Waals surface area contributed by atoms with Crippen LogP contribution < -0.4 is 0 Å². The van der Waals surface area contributed by atoms with E-state index in [9.17, 15) is 14.3 Å². The highest BCUT2D eigenvalue weighted by Crippen LogP contribution is 2.41. The van der Waals surface area contributed by atoms with Gasteiger partial charge in [0.25, 0.3) is 0 Å². The van der Waals surface area contributed by atoms with Gasteiger partial charge in [0, 0.05) is 18.4 Å². The molecule has 0 saturated heterocycles. The van der Waals surface area contributed by atoms with Gasteiger partial charge in [-0.15, -0.1) is 0 Å². The van der Waals surface area contributed by atoms with Crippen LogP contribution in [0.15, 0.2) is 36.1 Å². The Hall–Kier alpha value is -1.84. The molecule has 3 aliphatic carbocycles. The maximum atomic E-state index is 14.3. The summed E-state index contributed by atoms with van der Waals surface area (Å²) in [5.74, 6) is 0.347. The van der Waals surface area contributed by atoms with E-state index in [-0.39, 0.29) is 21.6 Å². The number of aliphatic hydroxyl groups is 1. The minimum atomic E-state index is -0.658. The summed E-state index contributed by atoms with van der Waals surface area (Å²) in [7, 11) is 0. The molecule has 158 valence electrons. The lowest BCUT2D eigenvalue weighted by molar-refractivity contribution is -0.114. The number of ketones is 1. The van der Waals surface area contributed by atoms with Crippen molar-refractivity contribution in [2.75, 3.05) is 0 Å². The molecule has 1 saturated carbocycles. The molecular weight excluding hydrogens is 422 g/mol. The van der Waals surface area contributed by atoms with Crippen LogP contribution in [0.4, 0.5) is 4.39 Å². The first-order chi connectivity index (χ1) is 14.4. The van der Waals surface area contributed by atoms with Crippen molar-refractivity contribution < 1.29 is 14.3 Å². The molecule has 0 unspecified atom stereocenters. The van der Waals surface area contributed by atoms with E-state index in [1.807, 2.05) is 25.1 Å². The summed E-state index contributed by atoms with van der Waals surface area (Å²) < 4.78 is 14.3. The van der Waals surface area contributed by atoms with E-state index in [0.29, 0.717) is 41.4 Å². The van der Waals surface area contributed by atoms with Crippen LogP contribution in [0.2, 0.25) is 10.0 Å². The van der Waals surface area contributed by atoms with Gasteiger partial charge in [0.2, 0.25) is 0 Å². The van der Waals surface area contributed by atoms with Gasteiger partial charge in [-0.2, -0.15) is 0 Å². The van der Waals surface area contributed by atoms with E-state index < -0.39 is 5.82 Å². The van der Waals surface area contributed by atoms with E-state index in [1.54, 1.807) is 6.07 Å². The number of aryl methyl sites for hydroxylation is 1. The van der Waals surface area contributed by atoms with Crippen LogP contribution in [-0.2, 0) is 11.2 Å². The van der Waals surface area contributed by atoms with E-state index >= 15 is 0 Å². The highest BCUT2D eigenvalue weighted by atomic mass is 35.5. The Morgan fingerprint density at radius 3 is 2.33 bits per heavy atom. The van der Waals surface area contributed by atoms with Gasteiger partial charge in [0.15, 0.2) is 11.6 Å². The lowest BCUT2D eigenvalue weighted by atomic mass is 9.79. The van der Waals surface area contributed by atoms with Crippen molar-refractivity contribution in [2.24, 2.45) is 11.8 Å². The van der Waals surface area contributed by atoms with Gasteiger partial charge < -0.3 is 5.11 Å². The van der Waals surface area contributed by atoms with Crippen molar-refractivity contribution in [2.45, 2.75) is 51.9 Å². The molecule has 2 aromatic rings. The number of allylic oxidation sites excluding steroid dienone is 2. The van der Waals surface area contributed by atoms with E-state index in [2.05, 4.69) is 0 Å². The summed E-state index contributed by atoms with van der Waals surface area (Å²) in [4.78, 5) is 13.3. The first kappa shape index (κ1) is 21.4. The zero-order chi connectivity index (χ0) is 21.4. The van der Waals surface area contributed by atoms with Crippen LogP contribution in [0.25, 0.3) is 16.7 Å². The molecule has 0 radical (unpaired) electrons. The Kier molecular flexibility index (Phi) is 6.22. The molecule has 5 rings (SSSR count). The number of fused-ring (bicyclic) bond motifs is 5. The molecule has 5 heteroatoms. The molecule has 0 atom stereocenters. The molecule has 30 heavy (non-hydrogen) atoms. The van der Waals surface area contributed by atoms with Crippen LogP contribution in [0, 0.1) is 17.7 Å². The number of carbonyl (C=O) groups is 1. The van der Waals surface area contributed by atoms with E-state index in [4.69, 9.17) is 23.2 Å². The first-order valence-electron chi connectivity index (χ1n) is 10.6. The van der Waals surface area contributed by atoms with Crippen LogP contribution in [-0.4, -0.2) is 10.9 Å². The van der Waals surface area contributed by atoms with Crippen molar-refractivity contribution in [1.82, 2.24) is 0 Å². The maximum absolute atomic E-state index is 14.3. The third-order valence-corrected chi connectivity index (χ3v) is 7.26. The SMILES string of the molecule is CCc1ccc(-c2ccc(Cl)c(F)c2Cl)cc1/C1=C(\O)C[C@H]2CC[C@H](CC2)CC1=O. The van der Waals surface area contributed by atoms with Crippen LogP contribution in [0.3, 0.4) is 0 Å². The molecule has 2 aromatic carbocycles. The number of halogens is 3. The van der Waals surface area contributed by atoms with Gasteiger partial charge in [-0.25, -0.2) is 4.39 Å². The third-order valence-electron chi connectivity index (χ3n) is 6.60. The predicted molar refractivity (Wildman–Crippen MR) is 120 cm³/mol. The second kappa shape index (κ2) is 8.72. The number of benzene rings is 2. The van der Waals surface area contributed by atoms with Crippen LogP contribution in [0.1, 0.15) is 56.6 Å². The maximum Gasteiger partial charge on any atom is 0.167 e. The molecular formula is C25H25Cl2FO2. The fourth-order valence-electron chi connectivity index (χ4n) is 4.88. The second-order valence-corrected chi connectivity index (χ2v) is 9.27. The highest BCUT2D eigenvalue weighted by Gasteiger charge is 2.31. The highest BCUT2D eigenvalue weighted by molar-refractivity contribution is 6.36. The fourth-order valence-corrected chi connectivity index (χ4v) is 5.36. The van der Waals surface area contributed by atoms with Gasteiger partial charge in [0.05, 0.1) is 15.6 Å². The zero-order valence-corrected chi connectivity index (χ0v) is 18.5. The standard InChI is InChI=1S/C25H25Cl2FO2/c1-2-16-7-8-17(18-9-10-20(26)25(28)24(18)27)13-19(16)23-21(29)11-14-3-4-15(6-5-14)12-22(23)30/h7-10,13-15,29H,2-6,11-12H2,1H3/b23-21+/t14-,15+. The Bertz CT molecular complexity index is 1020. The molecule has 0 amide bonds. The van der Waals surface area contributed by atoms with Crippen molar-refractivity contribution in [1.29, 1.82) is 0 Å². The topological polar surface area (TPSA) is 37.3 Å². The summed E-state index contributed by atoms with van der Waals surface area (Å²) >= 11 is 12.1. The Labute approximate surface area is 186 Å². The summed E-state index contributed by atoms with van der Waals surface area (Å²) in [5.41, 5.74) is 3.34. The summed E-state index contributed by atoms with van der Waals surface area (Å²) in [6.07, 6.45) is 5.96. The average molecular weight is 447 g/mol. The number of carbonyl (C=O) groups excluding carboxylic acids is 1. The summed E-state index contributed by atoms with van der Waals surface area (Å²) in [6, 6.07) is 8.82. The lowest BCUT2D eigenvalue weighted by Gasteiger charge is -2.26.